The van der Waals surface area contributed by atoms with Gasteiger partial charge in [-0.1, -0.05) is 12.2 Å². The molecular weight excluding hydrogens is 178 g/mol. The highest BCUT2D eigenvalue weighted by atomic mass is 16.2. The van der Waals surface area contributed by atoms with Crippen LogP contribution in [-0.2, 0) is 0 Å². The molecule has 4 heteroatoms. The lowest BCUT2D eigenvalue weighted by Crippen LogP contribution is -2.25. The van der Waals surface area contributed by atoms with E-state index in [0.717, 1.165) is 25.0 Å². The van der Waals surface area contributed by atoms with Gasteiger partial charge in [0.25, 0.3) is 0 Å². The molecule has 0 saturated heterocycles. The Hall–Kier alpha value is -1.32. The first-order chi connectivity index (χ1) is 6.68. The number of hydrogen-bond donors (Lipinski definition) is 2. The molecule has 14 heavy (non-hydrogen) atoms. The Balaban J connectivity index is 2.31. The zero-order valence-electron chi connectivity index (χ0n) is 8.49. The second kappa shape index (κ2) is 5.42. The summed E-state index contributed by atoms with van der Waals surface area (Å²) in [6.45, 7) is 1.91. The number of nitrogens with zero attached hydrogens (tertiary/aromatic N) is 1. The predicted octanol–water partition coefficient (Wildman–Crippen LogP) is 1.78. The normalized spacial score (nSPS) is 22.1. The Morgan fingerprint density at radius 2 is 2.43 bits per heavy atom. The summed E-state index contributed by atoms with van der Waals surface area (Å²) >= 11 is 0. The van der Waals surface area contributed by atoms with Crippen molar-refractivity contribution in [1.82, 2.24) is 5.43 Å². The van der Waals surface area contributed by atoms with Crippen molar-refractivity contribution in [3.05, 3.63) is 12.2 Å². The van der Waals surface area contributed by atoms with Crippen LogP contribution in [0.5, 0.6) is 0 Å². The summed E-state index contributed by atoms with van der Waals surface area (Å²) < 4.78 is 0. The van der Waals surface area contributed by atoms with Crippen molar-refractivity contribution in [2.75, 3.05) is 0 Å². The summed E-state index contributed by atoms with van der Waals surface area (Å²) in [7, 11) is 0. The summed E-state index contributed by atoms with van der Waals surface area (Å²) in [5, 5.41) is 3.89. The third-order valence-electron chi connectivity index (χ3n) is 2.32. The lowest BCUT2D eigenvalue weighted by atomic mass is 9.90. The van der Waals surface area contributed by atoms with E-state index in [1.807, 2.05) is 6.92 Å². The molecular formula is C10H17N3O. The quantitative estimate of drug-likeness (QED) is 0.402. The molecule has 1 unspecified atom stereocenters. The zero-order chi connectivity index (χ0) is 10.4. The molecule has 0 bridgehead atoms. The third kappa shape index (κ3) is 4.07. The van der Waals surface area contributed by atoms with E-state index in [1.165, 1.54) is 6.42 Å². The molecule has 1 rings (SSSR count). The highest BCUT2D eigenvalue weighted by Crippen LogP contribution is 2.21. The largest absolute Gasteiger partial charge is 0.350 e. The van der Waals surface area contributed by atoms with Crippen molar-refractivity contribution < 1.29 is 4.79 Å². The number of hydrogen-bond acceptors (Lipinski definition) is 2. The van der Waals surface area contributed by atoms with E-state index in [2.05, 4.69) is 22.7 Å². The molecule has 0 aromatic rings. The summed E-state index contributed by atoms with van der Waals surface area (Å²) in [5.41, 5.74) is 8.08. The molecule has 1 aliphatic rings. The van der Waals surface area contributed by atoms with Gasteiger partial charge in [0.1, 0.15) is 0 Å². The summed E-state index contributed by atoms with van der Waals surface area (Å²) in [6, 6.07) is -0.604. The van der Waals surface area contributed by atoms with Gasteiger partial charge < -0.3 is 5.73 Å². The minimum Gasteiger partial charge on any atom is -0.350 e. The van der Waals surface area contributed by atoms with Gasteiger partial charge in [0.15, 0.2) is 0 Å². The van der Waals surface area contributed by atoms with Gasteiger partial charge >= 0.3 is 6.03 Å². The number of urea groups is 1. The van der Waals surface area contributed by atoms with Gasteiger partial charge in [-0.3, -0.25) is 0 Å². The van der Waals surface area contributed by atoms with Crippen molar-refractivity contribution in [2.45, 2.75) is 32.6 Å². The minimum absolute atomic E-state index is 0.604. The van der Waals surface area contributed by atoms with Gasteiger partial charge in [0.05, 0.1) is 0 Å². The second-order valence-electron chi connectivity index (χ2n) is 3.68. The molecule has 78 valence electrons. The molecule has 0 aliphatic heterocycles. The molecule has 0 aromatic heterocycles. The fourth-order valence-electron chi connectivity index (χ4n) is 1.66. The molecule has 0 heterocycles. The van der Waals surface area contributed by atoms with Crippen LogP contribution in [0.2, 0.25) is 0 Å². The standard InChI is InChI=1S/C10H17N3O/c1-8(12-13-10(11)14)7-9-5-3-2-4-6-9/h2-3,9H,4-7H2,1H3,(H3,11,13,14)/b12-8+. The van der Waals surface area contributed by atoms with Crippen LogP contribution in [0.25, 0.3) is 0 Å². The number of carbonyl (C=O) groups is 1. The van der Waals surface area contributed by atoms with Gasteiger partial charge in [-0.25, -0.2) is 10.2 Å². The minimum atomic E-state index is -0.604. The molecule has 1 aliphatic carbocycles. The fraction of sp³-hybridized carbons (Fsp3) is 0.600. The van der Waals surface area contributed by atoms with E-state index in [9.17, 15) is 4.79 Å². The fourth-order valence-corrected chi connectivity index (χ4v) is 1.66. The maximum atomic E-state index is 10.4. The highest BCUT2D eigenvalue weighted by Gasteiger charge is 2.10. The Bertz CT molecular complexity index is 258. The number of amides is 2. The lowest BCUT2D eigenvalue weighted by Gasteiger charge is -2.16. The van der Waals surface area contributed by atoms with Crippen LogP contribution in [0.3, 0.4) is 0 Å². The van der Waals surface area contributed by atoms with Crippen LogP contribution in [0.1, 0.15) is 32.6 Å². The van der Waals surface area contributed by atoms with Crippen LogP contribution < -0.4 is 11.2 Å². The van der Waals surface area contributed by atoms with Crippen LogP contribution in [-0.4, -0.2) is 11.7 Å². The molecule has 2 amide bonds. The summed E-state index contributed by atoms with van der Waals surface area (Å²) in [4.78, 5) is 10.4. The number of nitrogens with two attached hydrogens (primary N) is 1. The van der Waals surface area contributed by atoms with E-state index in [0.29, 0.717) is 5.92 Å². The summed E-state index contributed by atoms with van der Waals surface area (Å²) in [6.07, 6.45) is 8.84. The summed E-state index contributed by atoms with van der Waals surface area (Å²) in [5.74, 6) is 0.665. The Labute approximate surface area is 84.2 Å². The first-order valence-electron chi connectivity index (χ1n) is 4.92. The third-order valence-corrected chi connectivity index (χ3v) is 2.32. The maximum Gasteiger partial charge on any atom is 0.332 e. The maximum absolute atomic E-state index is 10.4. The van der Waals surface area contributed by atoms with Gasteiger partial charge in [-0.05, 0) is 38.5 Å². The van der Waals surface area contributed by atoms with E-state index < -0.39 is 6.03 Å². The van der Waals surface area contributed by atoms with Gasteiger partial charge in [-0.15, -0.1) is 0 Å². The van der Waals surface area contributed by atoms with Crippen molar-refractivity contribution in [3.63, 3.8) is 0 Å². The lowest BCUT2D eigenvalue weighted by molar-refractivity contribution is 0.249. The smallest absolute Gasteiger partial charge is 0.332 e. The van der Waals surface area contributed by atoms with E-state index >= 15 is 0 Å². The number of rotatable bonds is 3. The van der Waals surface area contributed by atoms with Gasteiger partial charge in [0, 0.05) is 5.71 Å². The first-order valence-corrected chi connectivity index (χ1v) is 4.92. The molecule has 0 aromatic carbocycles. The number of primary amides is 1. The molecule has 1 atom stereocenters. The van der Waals surface area contributed by atoms with Crippen LogP contribution in [0.4, 0.5) is 4.79 Å². The number of carbonyl (C=O) groups excluding carboxylic acids is 1. The molecule has 0 fully saturated rings. The average molecular weight is 195 g/mol. The average Bonchev–Trinajstić information content (AvgIpc) is 2.16. The SMILES string of the molecule is C/C(CC1CC=CCC1)=N\NC(N)=O. The number of hydrazone groups is 1. The van der Waals surface area contributed by atoms with Crippen LogP contribution >= 0.6 is 0 Å². The Morgan fingerprint density at radius 3 is 3.00 bits per heavy atom. The monoisotopic (exact) mass is 195 g/mol. The van der Waals surface area contributed by atoms with Crippen molar-refractivity contribution in [2.24, 2.45) is 16.8 Å². The van der Waals surface area contributed by atoms with Crippen molar-refractivity contribution in [1.29, 1.82) is 0 Å². The van der Waals surface area contributed by atoms with Crippen molar-refractivity contribution >= 4 is 11.7 Å². The van der Waals surface area contributed by atoms with E-state index in [4.69, 9.17) is 5.73 Å². The topological polar surface area (TPSA) is 67.5 Å². The zero-order valence-corrected chi connectivity index (χ0v) is 8.49. The van der Waals surface area contributed by atoms with Gasteiger partial charge in [0.2, 0.25) is 0 Å². The predicted molar refractivity (Wildman–Crippen MR) is 56.9 cm³/mol. The first kappa shape index (κ1) is 10.8. The van der Waals surface area contributed by atoms with E-state index in [-0.39, 0.29) is 0 Å². The molecule has 0 radical (unpaired) electrons. The number of allylic oxidation sites excluding steroid dienone is 2. The second-order valence-corrected chi connectivity index (χ2v) is 3.68. The Kier molecular flexibility index (Phi) is 4.16. The Morgan fingerprint density at radius 1 is 1.64 bits per heavy atom. The number of nitrogens with one attached hydrogen (secondary N) is 1. The molecule has 0 spiro atoms. The van der Waals surface area contributed by atoms with Crippen LogP contribution in [0.15, 0.2) is 17.3 Å². The van der Waals surface area contributed by atoms with Crippen LogP contribution in [0, 0.1) is 5.92 Å². The highest BCUT2D eigenvalue weighted by molar-refractivity contribution is 5.83. The molecule has 0 saturated carbocycles. The molecule has 4 nitrogen and oxygen atoms in total. The van der Waals surface area contributed by atoms with Crippen molar-refractivity contribution in [3.8, 4) is 0 Å². The molecule has 3 N–H and O–H groups in total. The van der Waals surface area contributed by atoms with E-state index in [1.54, 1.807) is 0 Å². The van der Waals surface area contributed by atoms with Gasteiger partial charge in [-0.2, -0.15) is 5.10 Å².